The van der Waals surface area contributed by atoms with Crippen LogP contribution in [0.5, 0.6) is 0 Å². The van der Waals surface area contributed by atoms with Crippen molar-refractivity contribution in [2.24, 2.45) is 0 Å². The van der Waals surface area contributed by atoms with E-state index in [2.05, 4.69) is 20.2 Å². The van der Waals surface area contributed by atoms with E-state index in [1.54, 1.807) is 6.07 Å². The number of fused-ring (bicyclic) bond motifs is 2. The minimum atomic E-state index is -2.88. The summed E-state index contributed by atoms with van der Waals surface area (Å²) in [7, 11) is 0. The molecule has 0 aliphatic rings. The van der Waals surface area contributed by atoms with Crippen molar-refractivity contribution in [1.82, 2.24) is 20.2 Å². The van der Waals surface area contributed by atoms with Crippen molar-refractivity contribution in [3.8, 4) is 11.3 Å². The van der Waals surface area contributed by atoms with Gasteiger partial charge >= 0.3 is 6.09 Å². The number of aromatic amines is 2. The first-order valence-corrected chi connectivity index (χ1v) is 8.31. The summed E-state index contributed by atoms with van der Waals surface area (Å²) in [6, 6.07) is 8.65. The number of nitrogens with one attached hydrogen (secondary N) is 2. The van der Waals surface area contributed by atoms with Gasteiger partial charge in [0.05, 0.1) is 28.4 Å². The third kappa shape index (κ3) is 3.26. The second-order valence-electron chi connectivity index (χ2n) is 6.14. The first kappa shape index (κ1) is 18.5. The Morgan fingerprint density at radius 2 is 2.03 bits per heavy atom. The fourth-order valence-corrected chi connectivity index (χ4v) is 3.05. The molecule has 4 rings (SSSR count). The highest BCUT2D eigenvalue weighted by molar-refractivity contribution is 5.96. The van der Waals surface area contributed by atoms with Crippen molar-refractivity contribution < 1.29 is 23.1 Å². The number of carboxylic acid groups (broad SMARTS) is 1. The Kier molecular flexibility index (Phi) is 4.41. The van der Waals surface area contributed by atoms with Crippen LogP contribution in [0.25, 0.3) is 33.1 Å². The predicted molar refractivity (Wildman–Crippen MR) is 98.8 cm³/mol. The summed E-state index contributed by atoms with van der Waals surface area (Å²) in [5.41, 5.74) is 0.680. The summed E-state index contributed by atoms with van der Waals surface area (Å²) in [6.45, 7) is -1.04. The molecule has 0 saturated carbocycles. The van der Waals surface area contributed by atoms with E-state index in [9.17, 15) is 22.8 Å². The third-order valence-corrected chi connectivity index (χ3v) is 4.31. The van der Waals surface area contributed by atoms with E-state index in [1.807, 2.05) is 0 Å². The summed E-state index contributed by atoms with van der Waals surface area (Å²) < 4.78 is 39.7. The van der Waals surface area contributed by atoms with Crippen LogP contribution in [-0.2, 0) is 0 Å². The molecule has 2 aromatic carbocycles. The van der Waals surface area contributed by atoms with Crippen molar-refractivity contribution in [3.05, 3.63) is 52.6 Å². The number of halogens is 3. The van der Waals surface area contributed by atoms with Gasteiger partial charge in [0.15, 0.2) is 0 Å². The monoisotopic (exact) mass is 403 g/mol. The van der Waals surface area contributed by atoms with Crippen molar-refractivity contribution in [1.29, 1.82) is 0 Å². The molecule has 0 bridgehead atoms. The zero-order valence-electron chi connectivity index (χ0n) is 14.5. The molecule has 11 heteroatoms. The maximum atomic E-state index is 14.4. The normalized spacial score (nSPS) is 11.4. The van der Waals surface area contributed by atoms with E-state index >= 15 is 0 Å². The molecule has 148 valence electrons. The Morgan fingerprint density at radius 1 is 1.24 bits per heavy atom. The number of aromatic nitrogens is 4. The van der Waals surface area contributed by atoms with Crippen molar-refractivity contribution >= 4 is 33.8 Å². The molecular weight excluding hydrogens is 391 g/mol. The van der Waals surface area contributed by atoms with E-state index in [0.717, 1.165) is 0 Å². The van der Waals surface area contributed by atoms with Gasteiger partial charge in [-0.1, -0.05) is 12.1 Å². The highest BCUT2D eigenvalue weighted by atomic mass is 19.3. The molecule has 29 heavy (non-hydrogen) atoms. The second-order valence-corrected chi connectivity index (χ2v) is 6.14. The van der Waals surface area contributed by atoms with Gasteiger partial charge in [-0.05, 0) is 24.3 Å². The van der Waals surface area contributed by atoms with Crippen molar-refractivity contribution in [2.75, 3.05) is 11.4 Å². The van der Waals surface area contributed by atoms with Gasteiger partial charge in [-0.3, -0.25) is 4.79 Å². The number of carbonyl (C=O) groups is 1. The lowest BCUT2D eigenvalue weighted by Gasteiger charge is -2.14. The van der Waals surface area contributed by atoms with Crippen molar-refractivity contribution in [3.63, 3.8) is 0 Å². The summed E-state index contributed by atoms with van der Waals surface area (Å²) in [5.74, 6) is -0.897. The van der Waals surface area contributed by atoms with Crippen LogP contribution in [0.4, 0.5) is 23.9 Å². The molecule has 8 nitrogen and oxygen atoms in total. The number of hydrogen-bond acceptors (Lipinski definition) is 4. The molecular formula is C18H12F3N5O3. The fraction of sp³-hybridized carbons (Fsp3) is 0.111. The number of benzene rings is 2. The maximum Gasteiger partial charge on any atom is 0.414 e. The number of anilines is 1. The molecule has 3 N–H and O–H groups in total. The van der Waals surface area contributed by atoms with Crippen LogP contribution in [-0.4, -0.2) is 44.3 Å². The highest BCUT2D eigenvalue weighted by Crippen LogP contribution is 2.29. The number of H-pyrrole nitrogens is 2. The van der Waals surface area contributed by atoms with Gasteiger partial charge in [0.2, 0.25) is 5.95 Å². The molecule has 0 radical (unpaired) electrons. The first-order chi connectivity index (χ1) is 13.8. The minimum absolute atomic E-state index is 0.0280. The highest BCUT2D eigenvalue weighted by Gasteiger charge is 2.23. The molecule has 0 spiro atoms. The Balaban J connectivity index is 1.86. The molecule has 1 amide bonds. The van der Waals surface area contributed by atoms with Gasteiger partial charge in [0.1, 0.15) is 11.5 Å². The summed E-state index contributed by atoms with van der Waals surface area (Å²) in [5, 5.41) is 15.6. The molecule has 2 aromatic heterocycles. The summed E-state index contributed by atoms with van der Waals surface area (Å²) >= 11 is 0. The SMILES string of the molecule is O=C(O)N(CC(F)F)c1nc2ccc(-c3n[nH]c(=O)c4cccc(F)c34)cc2[nH]1. The van der Waals surface area contributed by atoms with E-state index in [1.165, 1.54) is 30.3 Å². The van der Waals surface area contributed by atoms with Crippen LogP contribution >= 0.6 is 0 Å². The number of imidazole rings is 1. The maximum absolute atomic E-state index is 14.4. The first-order valence-electron chi connectivity index (χ1n) is 8.31. The van der Waals surface area contributed by atoms with Gasteiger partial charge in [-0.2, -0.15) is 5.10 Å². The van der Waals surface area contributed by atoms with Gasteiger partial charge < -0.3 is 10.1 Å². The van der Waals surface area contributed by atoms with Crippen LogP contribution < -0.4 is 10.5 Å². The summed E-state index contributed by atoms with van der Waals surface area (Å²) in [4.78, 5) is 30.3. The Morgan fingerprint density at radius 3 is 2.76 bits per heavy atom. The second kappa shape index (κ2) is 6.93. The molecule has 4 aromatic rings. The topological polar surface area (TPSA) is 115 Å². The van der Waals surface area contributed by atoms with Crippen molar-refractivity contribution in [2.45, 2.75) is 6.43 Å². The minimum Gasteiger partial charge on any atom is -0.465 e. The third-order valence-electron chi connectivity index (χ3n) is 4.31. The number of alkyl halides is 2. The van der Waals surface area contributed by atoms with Crippen LogP contribution in [0.1, 0.15) is 0 Å². The van der Waals surface area contributed by atoms with Crippen LogP contribution in [0.3, 0.4) is 0 Å². The summed E-state index contributed by atoms with van der Waals surface area (Å²) in [6.07, 6.45) is -4.46. The lowest BCUT2D eigenvalue weighted by Crippen LogP contribution is -2.34. The molecule has 0 saturated heterocycles. The quantitative estimate of drug-likeness (QED) is 0.483. The van der Waals surface area contributed by atoms with E-state index in [-0.39, 0.29) is 22.4 Å². The predicted octanol–water partition coefficient (Wildman–Crippen LogP) is 3.36. The van der Waals surface area contributed by atoms with E-state index < -0.39 is 30.4 Å². The van der Waals surface area contributed by atoms with Crippen LogP contribution in [0.2, 0.25) is 0 Å². The number of rotatable bonds is 4. The number of amides is 1. The average molecular weight is 403 g/mol. The van der Waals surface area contributed by atoms with Gasteiger partial charge in [0.25, 0.3) is 12.0 Å². The smallest absolute Gasteiger partial charge is 0.414 e. The standard InChI is InChI=1S/C18H12F3N5O3/c19-10-3-1-2-9-14(10)15(24-25-16(9)27)8-4-5-11-12(6-8)23-17(22-11)26(18(28)29)7-13(20)21/h1-6,13H,7H2,(H,22,23)(H,25,27)(H,28,29). The molecule has 2 heterocycles. The van der Waals surface area contributed by atoms with Gasteiger partial charge in [0, 0.05) is 5.56 Å². The number of hydrogen-bond donors (Lipinski definition) is 3. The largest absolute Gasteiger partial charge is 0.465 e. The fourth-order valence-electron chi connectivity index (χ4n) is 3.05. The van der Waals surface area contributed by atoms with Crippen LogP contribution in [0, 0.1) is 5.82 Å². The molecule has 0 unspecified atom stereocenters. The molecule has 0 atom stereocenters. The molecule has 0 aliphatic heterocycles. The van der Waals surface area contributed by atoms with E-state index in [0.29, 0.717) is 21.5 Å². The van der Waals surface area contributed by atoms with Gasteiger partial charge in [-0.25, -0.2) is 32.9 Å². The van der Waals surface area contributed by atoms with Gasteiger partial charge in [-0.15, -0.1) is 0 Å². The number of nitrogens with zero attached hydrogens (tertiary/aromatic N) is 3. The Bertz CT molecular complexity index is 1300. The Labute approximate surface area is 159 Å². The zero-order chi connectivity index (χ0) is 20.7. The molecule has 0 fully saturated rings. The van der Waals surface area contributed by atoms with Crippen LogP contribution in [0.15, 0.2) is 41.2 Å². The lowest BCUT2D eigenvalue weighted by atomic mass is 10.0. The molecule has 0 aliphatic carbocycles. The lowest BCUT2D eigenvalue weighted by molar-refractivity contribution is 0.147. The van der Waals surface area contributed by atoms with E-state index in [4.69, 9.17) is 5.11 Å². The average Bonchev–Trinajstić information content (AvgIpc) is 3.09. The zero-order valence-corrected chi connectivity index (χ0v) is 14.5. The Hall–Kier alpha value is -3.89.